The number of halogens is 1. The second-order valence-corrected chi connectivity index (χ2v) is 4.65. The van der Waals surface area contributed by atoms with Gasteiger partial charge in [-0.15, -0.1) is 0 Å². The molecule has 0 unspecified atom stereocenters. The zero-order valence-corrected chi connectivity index (χ0v) is 9.95. The highest BCUT2D eigenvalue weighted by Gasteiger charge is 2.28. The van der Waals surface area contributed by atoms with Crippen molar-refractivity contribution in [3.8, 4) is 0 Å². The summed E-state index contributed by atoms with van der Waals surface area (Å²) in [6.45, 7) is 3.64. The van der Waals surface area contributed by atoms with Gasteiger partial charge >= 0.3 is 0 Å². The Balaban J connectivity index is 2.59. The third kappa shape index (κ3) is 1.81. The fourth-order valence-electron chi connectivity index (χ4n) is 1.58. The van der Waals surface area contributed by atoms with Crippen LogP contribution in [-0.4, -0.2) is 10.2 Å². The summed E-state index contributed by atoms with van der Waals surface area (Å²) in [7, 11) is 0. The molecule has 0 bridgehead atoms. The van der Waals surface area contributed by atoms with E-state index in [-0.39, 0.29) is 5.24 Å². The van der Waals surface area contributed by atoms with Crippen molar-refractivity contribution in [2.45, 2.75) is 19.3 Å². The molecule has 2 nitrogen and oxygen atoms in total. The summed E-state index contributed by atoms with van der Waals surface area (Å²) in [5.74, 6) is 0. The molecule has 0 amide bonds. The van der Waals surface area contributed by atoms with E-state index in [1.807, 2.05) is 44.2 Å². The number of benzene rings is 1. The molecular formula is C13H12ClNO. The normalized spacial score (nSPS) is 11.7. The SMILES string of the molecule is CC(C)(C(=O)Cl)c1ccc2ncccc2c1. The van der Waals surface area contributed by atoms with Crippen LogP contribution in [0, 0.1) is 0 Å². The Kier molecular flexibility index (Phi) is 2.68. The van der Waals surface area contributed by atoms with Crippen LogP contribution in [0.15, 0.2) is 36.5 Å². The minimum atomic E-state index is -0.661. The fourth-order valence-corrected chi connectivity index (χ4v) is 1.69. The van der Waals surface area contributed by atoms with Crippen LogP contribution in [0.1, 0.15) is 19.4 Å². The van der Waals surface area contributed by atoms with Crippen molar-refractivity contribution in [2.75, 3.05) is 0 Å². The molecule has 2 rings (SSSR count). The molecule has 0 aliphatic heterocycles. The summed E-state index contributed by atoms with van der Waals surface area (Å²) < 4.78 is 0. The lowest BCUT2D eigenvalue weighted by atomic mass is 9.85. The van der Waals surface area contributed by atoms with Crippen LogP contribution in [0.5, 0.6) is 0 Å². The molecule has 3 heteroatoms. The van der Waals surface area contributed by atoms with Gasteiger partial charge in [0.15, 0.2) is 0 Å². The van der Waals surface area contributed by atoms with Gasteiger partial charge in [0.2, 0.25) is 5.24 Å². The number of nitrogens with zero attached hydrogens (tertiary/aromatic N) is 1. The molecule has 82 valence electrons. The highest BCUT2D eigenvalue weighted by molar-refractivity contribution is 6.65. The third-order valence-corrected chi connectivity index (χ3v) is 3.29. The third-order valence-electron chi connectivity index (χ3n) is 2.82. The van der Waals surface area contributed by atoms with Crippen LogP contribution >= 0.6 is 11.6 Å². The van der Waals surface area contributed by atoms with Gasteiger partial charge in [0.05, 0.1) is 10.9 Å². The Bertz CT molecular complexity index is 548. The molecule has 0 fully saturated rings. The number of hydrogen-bond acceptors (Lipinski definition) is 2. The van der Waals surface area contributed by atoms with Crippen LogP contribution in [0.2, 0.25) is 0 Å². The summed E-state index contributed by atoms with van der Waals surface area (Å²) in [4.78, 5) is 15.6. The van der Waals surface area contributed by atoms with E-state index in [2.05, 4.69) is 4.98 Å². The Morgan fingerprint density at radius 2 is 2.06 bits per heavy atom. The first-order valence-corrected chi connectivity index (χ1v) is 5.45. The first-order chi connectivity index (χ1) is 7.51. The van der Waals surface area contributed by atoms with Crippen LogP contribution in [0.25, 0.3) is 10.9 Å². The second kappa shape index (κ2) is 3.87. The van der Waals surface area contributed by atoms with Gasteiger partial charge in [-0.05, 0) is 49.2 Å². The van der Waals surface area contributed by atoms with Crippen molar-refractivity contribution in [2.24, 2.45) is 0 Å². The van der Waals surface area contributed by atoms with Crippen molar-refractivity contribution in [1.29, 1.82) is 0 Å². The smallest absolute Gasteiger partial charge is 0.231 e. The van der Waals surface area contributed by atoms with Crippen molar-refractivity contribution in [3.63, 3.8) is 0 Å². The van der Waals surface area contributed by atoms with Crippen LogP contribution in [0.3, 0.4) is 0 Å². The molecule has 1 aromatic carbocycles. The van der Waals surface area contributed by atoms with E-state index in [1.54, 1.807) is 6.20 Å². The molecule has 0 atom stereocenters. The van der Waals surface area contributed by atoms with Crippen LogP contribution < -0.4 is 0 Å². The Morgan fingerprint density at radius 1 is 1.31 bits per heavy atom. The Labute approximate surface area is 99.3 Å². The number of aromatic nitrogens is 1. The lowest BCUT2D eigenvalue weighted by Crippen LogP contribution is -2.24. The molecule has 0 spiro atoms. The van der Waals surface area contributed by atoms with Gasteiger partial charge in [0, 0.05) is 11.6 Å². The maximum Gasteiger partial charge on any atom is 0.231 e. The van der Waals surface area contributed by atoms with Gasteiger partial charge in [0.1, 0.15) is 0 Å². The van der Waals surface area contributed by atoms with Crippen molar-refractivity contribution >= 4 is 27.7 Å². The van der Waals surface area contributed by atoms with Crippen LogP contribution in [-0.2, 0) is 10.2 Å². The van der Waals surface area contributed by atoms with Crippen LogP contribution in [0.4, 0.5) is 0 Å². The molecule has 0 aliphatic rings. The average Bonchev–Trinajstić information content (AvgIpc) is 2.28. The molecule has 0 N–H and O–H groups in total. The maximum atomic E-state index is 11.4. The minimum Gasteiger partial charge on any atom is -0.280 e. The Morgan fingerprint density at radius 3 is 2.75 bits per heavy atom. The molecular weight excluding hydrogens is 222 g/mol. The predicted octanol–water partition coefficient (Wildman–Crippen LogP) is 3.28. The number of hydrogen-bond donors (Lipinski definition) is 0. The van der Waals surface area contributed by atoms with Gasteiger partial charge < -0.3 is 0 Å². The first-order valence-electron chi connectivity index (χ1n) is 5.07. The van der Waals surface area contributed by atoms with Gasteiger partial charge in [-0.3, -0.25) is 9.78 Å². The lowest BCUT2D eigenvalue weighted by Gasteiger charge is -2.20. The first kappa shape index (κ1) is 11.1. The standard InChI is InChI=1S/C13H12ClNO/c1-13(2,12(14)16)10-5-6-11-9(8-10)4-3-7-15-11/h3-8H,1-2H3. The molecule has 0 saturated carbocycles. The monoisotopic (exact) mass is 233 g/mol. The lowest BCUT2D eigenvalue weighted by molar-refractivity contribution is -0.115. The van der Waals surface area contributed by atoms with E-state index in [4.69, 9.17) is 11.6 Å². The zero-order chi connectivity index (χ0) is 11.8. The average molecular weight is 234 g/mol. The molecule has 0 radical (unpaired) electrons. The number of rotatable bonds is 2. The summed E-state index contributed by atoms with van der Waals surface area (Å²) in [6.07, 6.45) is 1.75. The van der Waals surface area contributed by atoms with Crippen molar-refractivity contribution in [1.82, 2.24) is 4.98 Å². The zero-order valence-electron chi connectivity index (χ0n) is 9.20. The summed E-state index contributed by atoms with van der Waals surface area (Å²) in [5.41, 5.74) is 1.17. The predicted molar refractivity (Wildman–Crippen MR) is 65.6 cm³/mol. The molecule has 0 aliphatic carbocycles. The van der Waals surface area contributed by atoms with E-state index in [9.17, 15) is 4.79 Å². The maximum absolute atomic E-state index is 11.4. The second-order valence-electron chi connectivity index (χ2n) is 4.31. The quantitative estimate of drug-likeness (QED) is 0.746. The fraction of sp³-hybridized carbons (Fsp3) is 0.231. The van der Waals surface area contributed by atoms with Gasteiger partial charge in [-0.25, -0.2) is 0 Å². The van der Waals surface area contributed by atoms with E-state index in [1.165, 1.54) is 0 Å². The number of pyridine rings is 1. The topological polar surface area (TPSA) is 30.0 Å². The largest absolute Gasteiger partial charge is 0.280 e. The van der Waals surface area contributed by atoms with Gasteiger partial charge in [0.25, 0.3) is 0 Å². The van der Waals surface area contributed by atoms with E-state index >= 15 is 0 Å². The summed E-state index contributed by atoms with van der Waals surface area (Å²) >= 11 is 5.60. The molecule has 16 heavy (non-hydrogen) atoms. The molecule has 2 aromatic rings. The number of fused-ring (bicyclic) bond motifs is 1. The van der Waals surface area contributed by atoms with Crippen molar-refractivity contribution < 1.29 is 4.79 Å². The van der Waals surface area contributed by atoms with Gasteiger partial charge in [-0.1, -0.05) is 12.1 Å². The molecule has 0 saturated heterocycles. The highest BCUT2D eigenvalue weighted by atomic mass is 35.5. The van der Waals surface area contributed by atoms with Crippen molar-refractivity contribution in [3.05, 3.63) is 42.1 Å². The Hall–Kier alpha value is -1.41. The van der Waals surface area contributed by atoms with Gasteiger partial charge in [-0.2, -0.15) is 0 Å². The van der Waals surface area contributed by atoms with E-state index in [0.717, 1.165) is 16.5 Å². The molecule has 1 heterocycles. The van der Waals surface area contributed by atoms with E-state index in [0.29, 0.717) is 0 Å². The van der Waals surface area contributed by atoms with E-state index < -0.39 is 5.41 Å². The number of carbonyl (C=O) groups excluding carboxylic acids is 1. The highest BCUT2D eigenvalue weighted by Crippen LogP contribution is 2.28. The molecule has 1 aromatic heterocycles. The summed E-state index contributed by atoms with van der Waals surface area (Å²) in [6, 6.07) is 9.62. The number of carbonyl (C=O) groups is 1. The minimum absolute atomic E-state index is 0.351. The summed E-state index contributed by atoms with van der Waals surface area (Å²) in [5, 5.41) is 0.668.